The number of nitrogens with one attached hydrogen (secondary N) is 2. The van der Waals surface area contributed by atoms with E-state index in [-0.39, 0.29) is 23.9 Å². The van der Waals surface area contributed by atoms with Gasteiger partial charge in [0.15, 0.2) is 0 Å². The van der Waals surface area contributed by atoms with Crippen molar-refractivity contribution in [3.63, 3.8) is 0 Å². The summed E-state index contributed by atoms with van der Waals surface area (Å²) in [5.41, 5.74) is 6.77. The lowest BCUT2D eigenvalue weighted by atomic mass is 9.73. The maximum Gasteiger partial charge on any atom is 0.412 e. The van der Waals surface area contributed by atoms with Gasteiger partial charge in [-0.15, -0.1) is 0 Å². The maximum atomic E-state index is 12.3. The van der Waals surface area contributed by atoms with E-state index in [1.165, 1.54) is 0 Å². The van der Waals surface area contributed by atoms with Gasteiger partial charge in [0.2, 0.25) is 0 Å². The van der Waals surface area contributed by atoms with Gasteiger partial charge in [0.25, 0.3) is 0 Å². The van der Waals surface area contributed by atoms with Crippen LogP contribution >= 0.6 is 0 Å². The zero-order chi connectivity index (χ0) is 22.7. The Morgan fingerprint density at radius 2 is 1.67 bits per heavy atom. The van der Waals surface area contributed by atoms with E-state index in [4.69, 9.17) is 15.2 Å². The highest BCUT2D eigenvalue weighted by atomic mass is 16.6. The van der Waals surface area contributed by atoms with Crippen LogP contribution in [0.3, 0.4) is 0 Å². The molecular weight excluding hydrogens is 384 g/mol. The standard InChI is InChI=1S/C22H36N4O4/c1-13-10-14(11-16(18(13)23)25-19(27)29-21(2,3)4)15-8-9-24-12-17(15)26-20(28)30-22(5,6)7/h8-9,12-14,16,18H,10-11,23H2,1-7H3,(H,25,27)(H,26,28)/t13-,14+,16+,18-/m0/s1. The molecule has 0 saturated heterocycles. The van der Waals surface area contributed by atoms with Crippen molar-refractivity contribution in [1.82, 2.24) is 10.3 Å². The second kappa shape index (κ2) is 9.20. The number of carbonyl (C=O) groups is 2. The van der Waals surface area contributed by atoms with Crippen LogP contribution < -0.4 is 16.4 Å². The van der Waals surface area contributed by atoms with Crippen LogP contribution in [0.15, 0.2) is 18.5 Å². The molecule has 1 aliphatic carbocycles. The summed E-state index contributed by atoms with van der Waals surface area (Å²) in [5.74, 6) is 0.263. The van der Waals surface area contributed by atoms with Crippen molar-refractivity contribution < 1.29 is 19.1 Å². The number of hydrogen-bond donors (Lipinski definition) is 3. The average molecular weight is 421 g/mol. The summed E-state index contributed by atoms with van der Waals surface area (Å²) in [5, 5.41) is 5.74. The summed E-state index contributed by atoms with van der Waals surface area (Å²) in [7, 11) is 0. The Labute approximate surface area is 179 Å². The lowest BCUT2D eigenvalue weighted by molar-refractivity contribution is 0.0470. The molecule has 8 nitrogen and oxygen atoms in total. The molecule has 1 aliphatic rings. The third-order valence-corrected chi connectivity index (χ3v) is 4.95. The number of pyridine rings is 1. The second-order valence-corrected chi connectivity index (χ2v) is 10.1. The molecule has 0 radical (unpaired) electrons. The fourth-order valence-corrected chi connectivity index (χ4v) is 3.71. The fraction of sp³-hybridized carbons (Fsp3) is 0.682. The van der Waals surface area contributed by atoms with E-state index in [0.29, 0.717) is 12.1 Å². The van der Waals surface area contributed by atoms with Gasteiger partial charge in [0, 0.05) is 18.3 Å². The SMILES string of the molecule is C[C@H]1C[C@@H](c2ccncc2NC(=O)OC(C)(C)C)C[C@@H](NC(=O)OC(C)(C)C)[C@H]1N. The van der Waals surface area contributed by atoms with Gasteiger partial charge >= 0.3 is 12.2 Å². The minimum absolute atomic E-state index is 0.0904. The molecule has 1 heterocycles. The van der Waals surface area contributed by atoms with E-state index in [1.807, 2.05) is 47.6 Å². The summed E-state index contributed by atoms with van der Waals surface area (Å²) >= 11 is 0. The molecule has 1 saturated carbocycles. The van der Waals surface area contributed by atoms with Gasteiger partial charge in [-0.25, -0.2) is 9.59 Å². The molecule has 2 rings (SSSR count). The van der Waals surface area contributed by atoms with Crippen LogP contribution in [0.1, 0.15) is 72.8 Å². The Morgan fingerprint density at radius 3 is 2.27 bits per heavy atom. The number of aromatic nitrogens is 1. The number of alkyl carbamates (subject to hydrolysis) is 1. The predicted molar refractivity (Wildman–Crippen MR) is 116 cm³/mol. The first-order chi connectivity index (χ1) is 13.7. The molecule has 8 heteroatoms. The summed E-state index contributed by atoms with van der Waals surface area (Å²) < 4.78 is 10.8. The fourth-order valence-electron chi connectivity index (χ4n) is 3.71. The van der Waals surface area contributed by atoms with Gasteiger partial charge in [0.05, 0.1) is 11.9 Å². The average Bonchev–Trinajstić information content (AvgIpc) is 2.55. The first-order valence-electron chi connectivity index (χ1n) is 10.4. The van der Waals surface area contributed by atoms with Crippen LogP contribution in [0.2, 0.25) is 0 Å². The van der Waals surface area contributed by atoms with Gasteiger partial charge in [0.1, 0.15) is 11.2 Å². The van der Waals surface area contributed by atoms with Crippen molar-refractivity contribution in [3.8, 4) is 0 Å². The minimum Gasteiger partial charge on any atom is -0.444 e. The molecule has 0 aromatic carbocycles. The summed E-state index contributed by atoms with van der Waals surface area (Å²) in [6.07, 6.45) is 3.79. The normalized spacial score (nSPS) is 24.7. The van der Waals surface area contributed by atoms with Crippen molar-refractivity contribution >= 4 is 17.9 Å². The minimum atomic E-state index is -0.596. The number of hydrogen-bond acceptors (Lipinski definition) is 6. The zero-order valence-electron chi connectivity index (χ0n) is 19.1. The van der Waals surface area contributed by atoms with Gasteiger partial charge in [-0.1, -0.05) is 6.92 Å². The summed E-state index contributed by atoms with van der Waals surface area (Å²) in [6, 6.07) is 1.47. The van der Waals surface area contributed by atoms with Crippen LogP contribution in [0.5, 0.6) is 0 Å². The number of nitrogens with two attached hydrogens (primary N) is 1. The van der Waals surface area contributed by atoms with Crippen LogP contribution in [-0.4, -0.2) is 40.5 Å². The monoisotopic (exact) mass is 420 g/mol. The summed E-state index contributed by atoms with van der Waals surface area (Å²) in [6.45, 7) is 13.0. The molecule has 1 fully saturated rings. The van der Waals surface area contributed by atoms with E-state index < -0.39 is 23.4 Å². The second-order valence-electron chi connectivity index (χ2n) is 10.1. The Morgan fingerprint density at radius 1 is 1.07 bits per heavy atom. The molecule has 0 spiro atoms. The van der Waals surface area contributed by atoms with E-state index >= 15 is 0 Å². The van der Waals surface area contributed by atoms with E-state index in [2.05, 4.69) is 22.5 Å². The molecule has 1 aromatic rings. The molecule has 0 bridgehead atoms. The summed E-state index contributed by atoms with van der Waals surface area (Å²) in [4.78, 5) is 28.7. The number of anilines is 1. The predicted octanol–water partition coefficient (Wildman–Crippen LogP) is 4.16. The van der Waals surface area contributed by atoms with Gasteiger partial charge < -0.3 is 20.5 Å². The Hall–Kier alpha value is -2.35. The van der Waals surface area contributed by atoms with Crippen LogP contribution in [0.4, 0.5) is 15.3 Å². The van der Waals surface area contributed by atoms with Crippen molar-refractivity contribution in [2.75, 3.05) is 5.32 Å². The Kier molecular flexibility index (Phi) is 7.34. The maximum absolute atomic E-state index is 12.3. The van der Waals surface area contributed by atoms with Gasteiger partial charge in [-0.3, -0.25) is 10.3 Å². The first kappa shape index (κ1) is 23.9. The Bertz CT molecular complexity index is 754. The molecule has 0 aliphatic heterocycles. The number of carbonyl (C=O) groups excluding carboxylic acids is 2. The third-order valence-electron chi connectivity index (χ3n) is 4.95. The molecule has 4 N–H and O–H groups in total. The Balaban J connectivity index is 2.17. The highest BCUT2D eigenvalue weighted by Gasteiger charge is 2.36. The molecule has 4 atom stereocenters. The largest absolute Gasteiger partial charge is 0.444 e. The highest BCUT2D eigenvalue weighted by molar-refractivity contribution is 5.85. The van der Waals surface area contributed by atoms with Crippen LogP contribution in [0, 0.1) is 5.92 Å². The number of amides is 2. The zero-order valence-corrected chi connectivity index (χ0v) is 19.1. The van der Waals surface area contributed by atoms with E-state index in [9.17, 15) is 9.59 Å². The van der Waals surface area contributed by atoms with Gasteiger partial charge in [-0.2, -0.15) is 0 Å². The van der Waals surface area contributed by atoms with E-state index in [0.717, 1.165) is 12.0 Å². The smallest absolute Gasteiger partial charge is 0.412 e. The van der Waals surface area contributed by atoms with Crippen LogP contribution in [0.25, 0.3) is 0 Å². The third kappa shape index (κ3) is 7.16. The number of ether oxygens (including phenoxy) is 2. The quantitative estimate of drug-likeness (QED) is 0.676. The number of nitrogens with zero attached hydrogens (tertiary/aromatic N) is 1. The molecule has 2 amide bonds. The highest BCUT2D eigenvalue weighted by Crippen LogP contribution is 2.38. The number of rotatable bonds is 3. The molecule has 0 unspecified atom stereocenters. The van der Waals surface area contributed by atoms with Crippen molar-refractivity contribution in [2.45, 2.75) is 90.5 Å². The molecule has 168 valence electrons. The lowest BCUT2D eigenvalue weighted by Gasteiger charge is -2.39. The van der Waals surface area contributed by atoms with E-state index in [1.54, 1.807) is 12.4 Å². The molecule has 1 aromatic heterocycles. The molecular formula is C22H36N4O4. The van der Waals surface area contributed by atoms with Crippen molar-refractivity contribution in [3.05, 3.63) is 24.0 Å². The van der Waals surface area contributed by atoms with Crippen molar-refractivity contribution in [1.29, 1.82) is 0 Å². The molecule has 30 heavy (non-hydrogen) atoms. The lowest BCUT2D eigenvalue weighted by Crippen LogP contribution is -2.55. The van der Waals surface area contributed by atoms with Gasteiger partial charge in [-0.05, 0) is 77.8 Å². The van der Waals surface area contributed by atoms with Crippen LogP contribution in [-0.2, 0) is 9.47 Å². The first-order valence-corrected chi connectivity index (χ1v) is 10.4. The topological polar surface area (TPSA) is 116 Å². The van der Waals surface area contributed by atoms with Crippen molar-refractivity contribution in [2.24, 2.45) is 11.7 Å².